The standard InChI is InChI=1S/C15H22Cl2NP/c1-12(2)14-8-6-7-13(15(14)19(16)17)11-18-9-4-3-5-10-18/h6-8,12H,3-5,9-11H2,1-2H3. The molecule has 0 atom stereocenters. The Hall–Kier alpha value is 0.190. The van der Waals surface area contributed by atoms with Crippen LogP contribution in [0, 0.1) is 0 Å². The van der Waals surface area contributed by atoms with E-state index in [4.69, 9.17) is 22.5 Å². The third kappa shape index (κ3) is 4.08. The number of nitrogens with zero attached hydrogens (tertiary/aromatic N) is 1. The molecule has 1 aromatic carbocycles. The minimum Gasteiger partial charge on any atom is -0.299 e. The zero-order chi connectivity index (χ0) is 13.8. The molecular weight excluding hydrogens is 296 g/mol. The van der Waals surface area contributed by atoms with Gasteiger partial charge in [0.05, 0.1) is 0 Å². The molecule has 0 unspecified atom stereocenters. The summed E-state index contributed by atoms with van der Waals surface area (Å²) in [6, 6.07) is 6.50. The number of benzene rings is 1. The van der Waals surface area contributed by atoms with E-state index in [0.29, 0.717) is 5.92 Å². The summed E-state index contributed by atoms with van der Waals surface area (Å²) in [7, 11) is 0. The van der Waals surface area contributed by atoms with Gasteiger partial charge >= 0.3 is 0 Å². The third-order valence-electron chi connectivity index (χ3n) is 3.78. The predicted octanol–water partition coefficient (Wildman–Crippen LogP) is 5.21. The lowest BCUT2D eigenvalue weighted by Gasteiger charge is -2.28. The van der Waals surface area contributed by atoms with Gasteiger partial charge in [-0.1, -0.05) is 60.9 Å². The van der Waals surface area contributed by atoms with Crippen LogP contribution in [0.1, 0.15) is 50.2 Å². The molecule has 0 saturated carbocycles. The summed E-state index contributed by atoms with van der Waals surface area (Å²) in [5.41, 5.74) is 2.63. The molecule has 0 spiro atoms. The van der Waals surface area contributed by atoms with Crippen LogP contribution < -0.4 is 5.30 Å². The van der Waals surface area contributed by atoms with Crippen molar-refractivity contribution < 1.29 is 0 Å². The van der Waals surface area contributed by atoms with Crippen molar-refractivity contribution in [3.05, 3.63) is 29.3 Å². The number of rotatable bonds is 4. The van der Waals surface area contributed by atoms with Crippen LogP contribution >= 0.6 is 29.1 Å². The van der Waals surface area contributed by atoms with Crippen LogP contribution in [0.5, 0.6) is 0 Å². The van der Waals surface area contributed by atoms with E-state index >= 15 is 0 Å². The summed E-state index contributed by atoms with van der Waals surface area (Å²) >= 11 is 12.6. The van der Waals surface area contributed by atoms with Gasteiger partial charge in [-0.15, -0.1) is 0 Å². The lowest BCUT2D eigenvalue weighted by Crippen LogP contribution is -2.31. The Morgan fingerprint density at radius 1 is 1.16 bits per heavy atom. The van der Waals surface area contributed by atoms with E-state index in [2.05, 4.69) is 36.9 Å². The molecule has 0 N–H and O–H groups in total. The SMILES string of the molecule is CC(C)c1cccc(CN2CCCCC2)c1P(Cl)Cl. The van der Waals surface area contributed by atoms with E-state index in [9.17, 15) is 0 Å². The first kappa shape index (κ1) is 15.6. The van der Waals surface area contributed by atoms with Crippen molar-refractivity contribution in [3.63, 3.8) is 0 Å². The number of hydrogen-bond acceptors (Lipinski definition) is 1. The van der Waals surface area contributed by atoms with Gasteiger partial charge in [-0.05, 0) is 43.0 Å². The first-order valence-electron chi connectivity index (χ1n) is 7.05. The number of piperidine rings is 1. The summed E-state index contributed by atoms with van der Waals surface area (Å²) < 4.78 is 0. The van der Waals surface area contributed by atoms with Gasteiger partial charge in [0.25, 0.3) is 0 Å². The van der Waals surface area contributed by atoms with Gasteiger partial charge in [0, 0.05) is 11.8 Å². The number of likely N-dealkylation sites (tertiary alicyclic amines) is 1. The molecule has 1 saturated heterocycles. The minimum absolute atomic E-state index is 0.471. The smallest absolute Gasteiger partial charge is 0.117 e. The summed E-state index contributed by atoms with van der Waals surface area (Å²) in [4.78, 5) is 2.53. The van der Waals surface area contributed by atoms with Gasteiger partial charge in [-0.3, -0.25) is 4.90 Å². The van der Waals surface area contributed by atoms with Crippen molar-refractivity contribution in [1.29, 1.82) is 0 Å². The molecule has 2 rings (SSSR count). The van der Waals surface area contributed by atoms with Crippen molar-refractivity contribution >= 4 is 34.4 Å². The summed E-state index contributed by atoms with van der Waals surface area (Å²) in [6.45, 7) is 6.73. The Labute approximate surface area is 127 Å². The Bertz CT molecular complexity index is 415. The zero-order valence-electron chi connectivity index (χ0n) is 11.7. The van der Waals surface area contributed by atoms with Gasteiger partial charge in [-0.2, -0.15) is 0 Å². The maximum absolute atomic E-state index is 6.29. The lowest BCUT2D eigenvalue weighted by molar-refractivity contribution is 0.221. The fourth-order valence-corrected chi connectivity index (χ4v) is 4.90. The summed E-state index contributed by atoms with van der Waals surface area (Å²) in [6.07, 6.45) is 4.00. The van der Waals surface area contributed by atoms with E-state index in [1.54, 1.807) is 0 Å². The highest BCUT2D eigenvalue weighted by Crippen LogP contribution is 2.48. The van der Waals surface area contributed by atoms with Crippen LogP contribution in [0.3, 0.4) is 0 Å². The van der Waals surface area contributed by atoms with Crippen LogP contribution in [-0.2, 0) is 6.54 Å². The molecular formula is C15H22Cl2NP. The molecule has 1 nitrogen and oxygen atoms in total. The summed E-state index contributed by atoms with van der Waals surface area (Å²) in [5.74, 6) is 0.471. The monoisotopic (exact) mass is 317 g/mol. The first-order valence-corrected chi connectivity index (χ1v) is 10.2. The second-order valence-electron chi connectivity index (χ2n) is 5.58. The second kappa shape index (κ2) is 7.27. The van der Waals surface area contributed by atoms with E-state index in [0.717, 1.165) is 6.54 Å². The van der Waals surface area contributed by atoms with Gasteiger partial charge < -0.3 is 0 Å². The van der Waals surface area contributed by atoms with Gasteiger partial charge in [0.15, 0.2) is 0 Å². The van der Waals surface area contributed by atoms with E-state index < -0.39 is 6.63 Å². The average molecular weight is 318 g/mol. The molecule has 1 aliphatic heterocycles. The van der Waals surface area contributed by atoms with Gasteiger partial charge in [-0.25, -0.2) is 0 Å². The van der Waals surface area contributed by atoms with Crippen molar-refractivity contribution in [3.8, 4) is 0 Å². The Morgan fingerprint density at radius 3 is 2.42 bits per heavy atom. The van der Waals surface area contributed by atoms with Crippen LogP contribution in [-0.4, -0.2) is 18.0 Å². The Balaban J connectivity index is 2.25. The van der Waals surface area contributed by atoms with Crippen molar-refractivity contribution in [2.75, 3.05) is 13.1 Å². The molecule has 1 heterocycles. The molecule has 1 aromatic rings. The van der Waals surface area contributed by atoms with Crippen LogP contribution in [0.15, 0.2) is 18.2 Å². The van der Waals surface area contributed by atoms with Gasteiger partial charge in [0.1, 0.15) is 6.63 Å². The highest BCUT2D eigenvalue weighted by Gasteiger charge is 2.19. The fraction of sp³-hybridized carbons (Fsp3) is 0.600. The van der Waals surface area contributed by atoms with Crippen molar-refractivity contribution in [2.45, 2.75) is 45.6 Å². The van der Waals surface area contributed by atoms with Crippen LogP contribution in [0.4, 0.5) is 0 Å². The third-order valence-corrected chi connectivity index (χ3v) is 5.68. The van der Waals surface area contributed by atoms with Crippen molar-refractivity contribution in [1.82, 2.24) is 4.90 Å². The molecule has 4 heteroatoms. The highest BCUT2D eigenvalue weighted by atomic mass is 35.9. The van der Waals surface area contributed by atoms with Gasteiger partial charge in [0.2, 0.25) is 0 Å². The van der Waals surface area contributed by atoms with Crippen LogP contribution in [0.2, 0.25) is 0 Å². The molecule has 106 valence electrons. The lowest BCUT2D eigenvalue weighted by atomic mass is 10.00. The predicted molar refractivity (Wildman–Crippen MR) is 87.9 cm³/mol. The minimum atomic E-state index is -1.08. The topological polar surface area (TPSA) is 3.24 Å². The van der Waals surface area contributed by atoms with E-state index in [1.807, 2.05) is 0 Å². The largest absolute Gasteiger partial charge is 0.299 e. The Morgan fingerprint density at radius 2 is 1.84 bits per heavy atom. The zero-order valence-corrected chi connectivity index (χ0v) is 14.1. The van der Waals surface area contributed by atoms with E-state index in [-0.39, 0.29) is 0 Å². The van der Waals surface area contributed by atoms with Crippen LogP contribution in [0.25, 0.3) is 0 Å². The molecule has 1 aliphatic rings. The number of hydrogen-bond donors (Lipinski definition) is 0. The quantitative estimate of drug-likeness (QED) is 0.689. The second-order valence-corrected chi connectivity index (χ2v) is 9.04. The molecule has 0 aliphatic carbocycles. The molecule has 19 heavy (non-hydrogen) atoms. The molecule has 0 bridgehead atoms. The average Bonchev–Trinajstić information content (AvgIpc) is 2.39. The Kier molecular flexibility index (Phi) is 5.96. The highest BCUT2D eigenvalue weighted by molar-refractivity contribution is 8.09. The maximum Gasteiger partial charge on any atom is 0.117 e. The van der Waals surface area contributed by atoms with E-state index in [1.165, 1.54) is 48.8 Å². The molecule has 0 radical (unpaired) electrons. The number of halogens is 2. The first-order chi connectivity index (χ1) is 9.09. The fourth-order valence-electron chi connectivity index (χ4n) is 2.77. The summed E-state index contributed by atoms with van der Waals surface area (Å²) in [5, 5.41) is 1.20. The maximum atomic E-state index is 6.29. The van der Waals surface area contributed by atoms with Crippen molar-refractivity contribution in [2.24, 2.45) is 0 Å². The molecule has 1 fully saturated rings. The molecule has 0 aromatic heterocycles. The normalized spacial score (nSPS) is 17.4. The molecule has 0 amide bonds.